The van der Waals surface area contributed by atoms with Gasteiger partial charge in [-0.1, -0.05) is 24.0 Å². The van der Waals surface area contributed by atoms with E-state index in [9.17, 15) is 19.5 Å². The first-order valence-electron chi connectivity index (χ1n) is 6.64. The highest BCUT2D eigenvalue weighted by Crippen LogP contribution is 2.35. The molecule has 3 N–H and O–H groups in total. The van der Waals surface area contributed by atoms with Gasteiger partial charge in [-0.3, -0.25) is 14.5 Å². The lowest BCUT2D eigenvalue weighted by Gasteiger charge is -2.22. The third-order valence-corrected chi connectivity index (χ3v) is 4.45. The molecule has 2 rings (SSSR count). The fourth-order valence-corrected chi connectivity index (χ4v) is 3.39. The van der Waals surface area contributed by atoms with Crippen molar-refractivity contribution >= 4 is 52.2 Å². The van der Waals surface area contributed by atoms with Gasteiger partial charge in [-0.05, 0) is 25.5 Å². The summed E-state index contributed by atoms with van der Waals surface area (Å²) in [4.78, 5) is 36.0. The topological polar surface area (TPSA) is 114 Å². The van der Waals surface area contributed by atoms with Crippen molar-refractivity contribution in [3.8, 4) is 0 Å². The van der Waals surface area contributed by atoms with Crippen LogP contribution in [-0.4, -0.2) is 38.2 Å². The van der Waals surface area contributed by atoms with Crippen molar-refractivity contribution < 1.29 is 23.9 Å². The molecule has 0 aromatic carbocycles. The largest absolute Gasteiger partial charge is 0.480 e. The van der Waals surface area contributed by atoms with E-state index >= 15 is 0 Å². The quantitative estimate of drug-likeness (QED) is 0.588. The molecule has 1 aliphatic heterocycles. The zero-order valence-electron chi connectivity index (χ0n) is 12.1. The van der Waals surface area contributed by atoms with Gasteiger partial charge in [-0.2, -0.15) is 0 Å². The number of rotatable bonds is 6. The van der Waals surface area contributed by atoms with E-state index < -0.39 is 23.8 Å². The molecule has 1 atom stereocenters. The number of thiocarbonyl (C=S) groups is 1. The summed E-state index contributed by atoms with van der Waals surface area (Å²) in [5, 5.41) is 9.31. The highest BCUT2D eigenvalue weighted by atomic mass is 32.2. The number of thioether (sulfide) groups is 1. The number of amides is 2. The normalized spacial score (nSPS) is 17.8. The average Bonchev–Trinajstić information content (AvgIpc) is 2.96. The first-order chi connectivity index (χ1) is 10.8. The fraction of sp³-hybridized carbons (Fsp3) is 0.286. The molecule has 7 nitrogen and oxygen atoms in total. The van der Waals surface area contributed by atoms with Gasteiger partial charge in [0.1, 0.15) is 21.9 Å². The number of carboxylic acids is 1. The molecule has 1 saturated heterocycles. The molecule has 2 heterocycles. The molecule has 0 radical (unpaired) electrons. The molecule has 1 aliphatic rings. The third kappa shape index (κ3) is 3.99. The van der Waals surface area contributed by atoms with Gasteiger partial charge in [0.25, 0.3) is 5.91 Å². The molecule has 122 valence electrons. The highest BCUT2D eigenvalue weighted by molar-refractivity contribution is 8.26. The summed E-state index contributed by atoms with van der Waals surface area (Å²) in [6.07, 6.45) is 1.27. The van der Waals surface area contributed by atoms with Crippen LogP contribution in [0.25, 0.3) is 6.08 Å². The molecule has 1 aromatic heterocycles. The monoisotopic (exact) mass is 354 g/mol. The van der Waals surface area contributed by atoms with Crippen LogP contribution in [0.1, 0.15) is 24.4 Å². The van der Waals surface area contributed by atoms with Crippen molar-refractivity contribution in [2.24, 2.45) is 5.73 Å². The Balaban J connectivity index is 2.24. The number of nitrogens with zero attached hydrogens (tertiary/aromatic N) is 1. The molecule has 0 spiro atoms. The summed E-state index contributed by atoms with van der Waals surface area (Å²) >= 11 is 6.10. The number of furan rings is 1. The second kappa shape index (κ2) is 6.97. The zero-order chi connectivity index (χ0) is 17.1. The van der Waals surface area contributed by atoms with Gasteiger partial charge in [0, 0.05) is 12.5 Å². The molecular weight excluding hydrogens is 340 g/mol. The van der Waals surface area contributed by atoms with E-state index in [4.69, 9.17) is 22.4 Å². The van der Waals surface area contributed by atoms with E-state index in [0.29, 0.717) is 11.5 Å². The average molecular weight is 354 g/mol. The standard InChI is InChI=1S/C14H14N2O5S2/c1-7-2-3-8(21-7)6-10-12(18)16(14(22)23-10)9(13(19)20)4-5-11(15)17/h2-3,6,9H,4-5H2,1H3,(H2,15,17)(H,19,20)/b10-6+. The summed E-state index contributed by atoms with van der Waals surface area (Å²) in [5.74, 6) is -1.23. The Hall–Kier alpha value is -2.13. The number of carboxylic acid groups (broad SMARTS) is 1. The van der Waals surface area contributed by atoms with Gasteiger partial charge in [0.2, 0.25) is 5.91 Å². The molecule has 23 heavy (non-hydrogen) atoms. The van der Waals surface area contributed by atoms with Gasteiger partial charge in [-0.25, -0.2) is 4.79 Å². The highest BCUT2D eigenvalue weighted by Gasteiger charge is 2.40. The van der Waals surface area contributed by atoms with Crippen LogP contribution < -0.4 is 5.73 Å². The van der Waals surface area contributed by atoms with Gasteiger partial charge < -0.3 is 15.3 Å². The summed E-state index contributed by atoms with van der Waals surface area (Å²) in [6, 6.07) is 2.22. The SMILES string of the molecule is Cc1ccc(/C=C2/SC(=S)N(C(CCC(N)=O)C(=O)O)C2=O)o1. The summed E-state index contributed by atoms with van der Waals surface area (Å²) in [5.41, 5.74) is 5.04. The molecule has 0 aliphatic carbocycles. The number of aryl methyl sites for hydroxylation is 1. The number of aliphatic carboxylic acids is 1. The zero-order valence-corrected chi connectivity index (χ0v) is 13.8. The van der Waals surface area contributed by atoms with E-state index in [-0.39, 0.29) is 22.1 Å². The molecule has 1 fully saturated rings. The molecule has 0 bridgehead atoms. The van der Waals surface area contributed by atoms with Crippen molar-refractivity contribution in [1.82, 2.24) is 4.90 Å². The molecular formula is C14H14N2O5S2. The van der Waals surface area contributed by atoms with Crippen molar-refractivity contribution in [2.75, 3.05) is 0 Å². The summed E-state index contributed by atoms with van der Waals surface area (Å²) in [6.45, 7) is 1.77. The predicted molar refractivity (Wildman–Crippen MR) is 88.3 cm³/mol. The van der Waals surface area contributed by atoms with E-state index in [1.54, 1.807) is 19.1 Å². The lowest BCUT2D eigenvalue weighted by atomic mass is 10.1. The van der Waals surface area contributed by atoms with Gasteiger partial charge in [0.15, 0.2) is 0 Å². The minimum absolute atomic E-state index is 0.0930. The van der Waals surface area contributed by atoms with Crippen molar-refractivity contribution in [1.29, 1.82) is 0 Å². The second-order valence-electron chi connectivity index (χ2n) is 4.86. The molecule has 2 amide bonds. The minimum atomic E-state index is -1.24. The number of carbonyl (C=O) groups excluding carboxylic acids is 2. The predicted octanol–water partition coefficient (Wildman–Crippen LogP) is 1.51. The van der Waals surface area contributed by atoms with Crippen LogP contribution in [0.5, 0.6) is 0 Å². The summed E-state index contributed by atoms with van der Waals surface area (Å²) in [7, 11) is 0. The maximum Gasteiger partial charge on any atom is 0.326 e. The maximum atomic E-state index is 12.4. The van der Waals surface area contributed by atoms with Crippen LogP contribution in [0.15, 0.2) is 21.5 Å². The Bertz CT molecular complexity index is 710. The number of primary amides is 1. The van der Waals surface area contributed by atoms with Crippen LogP contribution in [-0.2, 0) is 14.4 Å². The fourth-order valence-electron chi connectivity index (χ4n) is 2.05. The van der Waals surface area contributed by atoms with E-state index in [1.807, 2.05) is 0 Å². The molecule has 0 saturated carbocycles. The molecule has 9 heteroatoms. The Labute approximate surface area is 141 Å². The van der Waals surface area contributed by atoms with Gasteiger partial charge >= 0.3 is 5.97 Å². The van der Waals surface area contributed by atoms with Gasteiger partial charge in [0.05, 0.1) is 4.91 Å². The smallest absolute Gasteiger partial charge is 0.326 e. The Morgan fingerprint density at radius 1 is 1.52 bits per heavy atom. The van der Waals surface area contributed by atoms with Crippen LogP contribution in [0.3, 0.4) is 0 Å². The van der Waals surface area contributed by atoms with Crippen LogP contribution in [0, 0.1) is 6.92 Å². The maximum absolute atomic E-state index is 12.4. The van der Waals surface area contributed by atoms with Gasteiger partial charge in [-0.15, -0.1) is 0 Å². The second-order valence-corrected chi connectivity index (χ2v) is 6.53. The van der Waals surface area contributed by atoms with E-state index in [1.165, 1.54) is 6.08 Å². The lowest BCUT2D eigenvalue weighted by molar-refractivity contribution is -0.145. The Morgan fingerprint density at radius 2 is 2.22 bits per heavy atom. The lowest BCUT2D eigenvalue weighted by Crippen LogP contribution is -2.44. The van der Waals surface area contributed by atoms with E-state index in [0.717, 1.165) is 16.7 Å². The van der Waals surface area contributed by atoms with Crippen molar-refractivity contribution in [3.63, 3.8) is 0 Å². The summed E-state index contributed by atoms with van der Waals surface area (Å²) < 4.78 is 5.50. The number of nitrogens with two attached hydrogens (primary N) is 1. The minimum Gasteiger partial charge on any atom is -0.480 e. The van der Waals surface area contributed by atoms with E-state index in [2.05, 4.69) is 0 Å². The van der Waals surface area contributed by atoms with Crippen LogP contribution in [0.4, 0.5) is 0 Å². The number of hydrogen-bond donors (Lipinski definition) is 2. The first kappa shape index (κ1) is 17.2. The Kier molecular flexibility index (Phi) is 5.22. The Morgan fingerprint density at radius 3 is 2.74 bits per heavy atom. The third-order valence-electron chi connectivity index (χ3n) is 3.12. The van der Waals surface area contributed by atoms with Crippen molar-refractivity contribution in [2.45, 2.75) is 25.8 Å². The van der Waals surface area contributed by atoms with Crippen LogP contribution in [0.2, 0.25) is 0 Å². The molecule has 1 unspecified atom stereocenters. The van der Waals surface area contributed by atoms with Crippen LogP contribution >= 0.6 is 24.0 Å². The number of carbonyl (C=O) groups is 3. The number of hydrogen-bond acceptors (Lipinski definition) is 6. The van der Waals surface area contributed by atoms with Crippen molar-refractivity contribution in [3.05, 3.63) is 28.6 Å². The first-order valence-corrected chi connectivity index (χ1v) is 7.86. The molecule has 1 aromatic rings.